The van der Waals surface area contributed by atoms with Crippen LogP contribution in [0.25, 0.3) is 0 Å². The van der Waals surface area contributed by atoms with Gasteiger partial charge in [0.1, 0.15) is 12.4 Å². The Hall–Kier alpha value is -1.51. The lowest BCUT2D eigenvalue weighted by atomic mass is 10.1. The first-order valence-electron chi connectivity index (χ1n) is 7.81. The molecule has 0 aromatic heterocycles. The fourth-order valence-electron chi connectivity index (χ4n) is 2.18. The minimum atomic E-state index is 0.571. The van der Waals surface area contributed by atoms with Gasteiger partial charge in [0.25, 0.3) is 0 Å². The lowest BCUT2D eigenvalue weighted by Gasteiger charge is -2.13. The molecule has 0 fully saturated rings. The monoisotopic (exact) mass is 317 g/mol. The van der Waals surface area contributed by atoms with Crippen LogP contribution in [0.2, 0.25) is 5.02 Å². The minimum absolute atomic E-state index is 0.571. The molecule has 0 saturated carbocycles. The highest BCUT2D eigenvalue weighted by molar-refractivity contribution is 6.30. The molecule has 118 valence electrons. The fraction of sp³-hybridized carbons (Fsp3) is 0.368. The Balaban J connectivity index is 1.94. The summed E-state index contributed by atoms with van der Waals surface area (Å²) in [7, 11) is 0. The van der Waals surface area contributed by atoms with Gasteiger partial charge in [-0.3, -0.25) is 0 Å². The largest absolute Gasteiger partial charge is 0.489 e. The van der Waals surface area contributed by atoms with Gasteiger partial charge < -0.3 is 10.1 Å². The second-order valence-electron chi connectivity index (χ2n) is 5.89. The molecule has 0 radical (unpaired) electrons. The second kappa shape index (κ2) is 8.82. The summed E-state index contributed by atoms with van der Waals surface area (Å²) in [6, 6.07) is 16.0. The van der Waals surface area contributed by atoms with Gasteiger partial charge in [0, 0.05) is 17.1 Å². The molecule has 1 N–H and O–H groups in total. The molecule has 0 saturated heterocycles. The predicted molar refractivity (Wildman–Crippen MR) is 93.4 cm³/mol. The average molecular weight is 318 g/mol. The normalized spacial score (nSPS) is 10.9. The molecule has 0 aliphatic rings. The van der Waals surface area contributed by atoms with Crippen molar-refractivity contribution in [2.45, 2.75) is 33.4 Å². The number of nitrogens with one attached hydrogen (secondary N) is 1. The third-order valence-electron chi connectivity index (χ3n) is 3.47. The van der Waals surface area contributed by atoms with Crippen LogP contribution in [0.4, 0.5) is 0 Å². The Kier molecular flexibility index (Phi) is 6.75. The lowest BCUT2D eigenvalue weighted by Crippen LogP contribution is -2.17. The molecule has 0 heterocycles. The molecule has 2 nitrogen and oxygen atoms in total. The van der Waals surface area contributed by atoms with Crippen LogP contribution in [0.15, 0.2) is 48.5 Å². The first-order chi connectivity index (χ1) is 10.6. The number of halogens is 1. The van der Waals surface area contributed by atoms with Gasteiger partial charge in [-0.2, -0.15) is 0 Å². The van der Waals surface area contributed by atoms with Crippen molar-refractivity contribution in [1.29, 1.82) is 0 Å². The number of benzene rings is 2. The fourth-order valence-corrected chi connectivity index (χ4v) is 2.37. The maximum Gasteiger partial charge on any atom is 0.124 e. The molecular weight excluding hydrogens is 294 g/mol. The quantitative estimate of drug-likeness (QED) is 0.687. The molecule has 0 amide bonds. The van der Waals surface area contributed by atoms with Crippen LogP contribution >= 0.6 is 11.6 Å². The molecule has 0 spiro atoms. The first-order valence-corrected chi connectivity index (χ1v) is 8.19. The van der Waals surface area contributed by atoms with Crippen molar-refractivity contribution in [3.8, 4) is 5.75 Å². The molecule has 0 bridgehead atoms. The third kappa shape index (κ3) is 5.70. The molecule has 3 heteroatoms. The van der Waals surface area contributed by atoms with E-state index in [0.29, 0.717) is 12.5 Å². The summed E-state index contributed by atoms with van der Waals surface area (Å²) < 4.78 is 5.96. The van der Waals surface area contributed by atoms with E-state index in [4.69, 9.17) is 16.3 Å². The maximum absolute atomic E-state index is 6.11. The molecule has 0 aliphatic carbocycles. The molecule has 2 aromatic carbocycles. The molecular formula is C19H24ClNO. The van der Waals surface area contributed by atoms with Crippen LogP contribution in [0.5, 0.6) is 5.75 Å². The zero-order chi connectivity index (χ0) is 15.8. The summed E-state index contributed by atoms with van der Waals surface area (Å²) in [5, 5.41) is 4.20. The number of ether oxygens (including phenoxy) is 1. The summed E-state index contributed by atoms with van der Waals surface area (Å²) in [5.41, 5.74) is 2.27. The van der Waals surface area contributed by atoms with Gasteiger partial charge in [-0.25, -0.2) is 0 Å². The van der Waals surface area contributed by atoms with Crippen LogP contribution in [-0.2, 0) is 13.2 Å². The molecule has 2 aromatic rings. The van der Waals surface area contributed by atoms with Gasteiger partial charge in [-0.1, -0.05) is 55.8 Å². The van der Waals surface area contributed by atoms with E-state index in [1.807, 2.05) is 36.4 Å². The summed E-state index contributed by atoms with van der Waals surface area (Å²) >= 11 is 6.11. The van der Waals surface area contributed by atoms with Gasteiger partial charge in [0.2, 0.25) is 0 Å². The van der Waals surface area contributed by atoms with Gasteiger partial charge in [0.15, 0.2) is 0 Å². The van der Waals surface area contributed by atoms with Crippen molar-refractivity contribution < 1.29 is 4.74 Å². The van der Waals surface area contributed by atoms with Crippen LogP contribution in [0.3, 0.4) is 0 Å². The van der Waals surface area contributed by atoms with E-state index in [1.54, 1.807) is 0 Å². The maximum atomic E-state index is 6.11. The summed E-state index contributed by atoms with van der Waals surface area (Å²) in [6.45, 7) is 6.81. The average Bonchev–Trinajstić information content (AvgIpc) is 2.51. The SMILES string of the molecule is CC(C)CCNCc1cc(Cl)ccc1OCc1ccccc1. The zero-order valence-electron chi connectivity index (χ0n) is 13.3. The molecule has 0 atom stereocenters. The minimum Gasteiger partial charge on any atom is -0.489 e. The van der Waals surface area contributed by atoms with E-state index in [9.17, 15) is 0 Å². The van der Waals surface area contributed by atoms with E-state index >= 15 is 0 Å². The highest BCUT2D eigenvalue weighted by atomic mass is 35.5. The van der Waals surface area contributed by atoms with E-state index < -0.39 is 0 Å². The van der Waals surface area contributed by atoms with Gasteiger partial charge in [-0.05, 0) is 42.6 Å². The van der Waals surface area contributed by atoms with Crippen LogP contribution in [-0.4, -0.2) is 6.54 Å². The predicted octanol–water partition coefficient (Wildman–Crippen LogP) is 5.05. The smallest absolute Gasteiger partial charge is 0.124 e. The molecule has 2 rings (SSSR count). The van der Waals surface area contributed by atoms with Crippen LogP contribution in [0.1, 0.15) is 31.4 Å². The summed E-state index contributed by atoms with van der Waals surface area (Å²) in [6.07, 6.45) is 1.17. The highest BCUT2D eigenvalue weighted by Gasteiger charge is 2.05. The van der Waals surface area contributed by atoms with Crippen molar-refractivity contribution in [2.75, 3.05) is 6.54 Å². The van der Waals surface area contributed by atoms with Crippen molar-refractivity contribution >= 4 is 11.6 Å². The number of rotatable bonds is 8. The first kappa shape index (κ1) is 16.9. The Morgan fingerprint density at radius 2 is 1.86 bits per heavy atom. The van der Waals surface area contributed by atoms with Crippen molar-refractivity contribution in [2.24, 2.45) is 5.92 Å². The Labute approximate surface area is 138 Å². The van der Waals surface area contributed by atoms with E-state index in [1.165, 1.54) is 6.42 Å². The van der Waals surface area contributed by atoms with Crippen LogP contribution in [0, 0.1) is 5.92 Å². The van der Waals surface area contributed by atoms with Crippen molar-refractivity contribution in [3.05, 3.63) is 64.7 Å². The number of hydrogen-bond donors (Lipinski definition) is 1. The second-order valence-corrected chi connectivity index (χ2v) is 6.32. The Bertz CT molecular complexity index is 569. The summed E-state index contributed by atoms with van der Waals surface area (Å²) in [5.74, 6) is 1.60. The molecule has 0 aliphatic heterocycles. The molecule has 0 unspecified atom stereocenters. The Morgan fingerprint density at radius 3 is 2.59 bits per heavy atom. The van der Waals surface area contributed by atoms with Crippen molar-refractivity contribution in [3.63, 3.8) is 0 Å². The topological polar surface area (TPSA) is 21.3 Å². The third-order valence-corrected chi connectivity index (χ3v) is 3.71. The van der Waals surface area contributed by atoms with E-state index in [-0.39, 0.29) is 0 Å². The standard InChI is InChI=1S/C19H24ClNO/c1-15(2)10-11-21-13-17-12-18(20)8-9-19(17)22-14-16-6-4-3-5-7-16/h3-9,12,15,21H,10-11,13-14H2,1-2H3. The van der Waals surface area contributed by atoms with Crippen molar-refractivity contribution in [1.82, 2.24) is 5.32 Å². The number of hydrogen-bond acceptors (Lipinski definition) is 2. The van der Waals surface area contributed by atoms with Gasteiger partial charge in [0.05, 0.1) is 0 Å². The van der Waals surface area contributed by atoms with E-state index in [0.717, 1.165) is 35.0 Å². The van der Waals surface area contributed by atoms with Gasteiger partial charge >= 0.3 is 0 Å². The van der Waals surface area contributed by atoms with Crippen LogP contribution < -0.4 is 10.1 Å². The molecule has 22 heavy (non-hydrogen) atoms. The zero-order valence-corrected chi connectivity index (χ0v) is 14.1. The Morgan fingerprint density at radius 1 is 1.09 bits per heavy atom. The lowest BCUT2D eigenvalue weighted by molar-refractivity contribution is 0.302. The highest BCUT2D eigenvalue weighted by Crippen LogP contribution is 2.24. The summed E-state index contributed by atoms with van der Waals surface area (Å²) in [4.78, 5) is 0. The van der Waals surface area contributed by atoms with Gasteiger partial charge in [-0.15, -0.1) is 0 Å². The van der Waals surface area contributed by atoms with E-state index in [2.05, 4.69) is 31.3 Å².